The Labute approximate surface area is 92.0 Å². The van der Waals surface area contributed by atoms with Gasteiger partial charge in [-0.05, 0) is 30.0 Å². The van der Waals surface area contributed by atoms with Crippen LogP contribution in [0.1, 0.15) is 18.4 Å². The summed E-state index contributed by atoms with van der Waals surface area (Å²) in [6.07, 6.45) is 1.54. The fourth-order valence-corrected chi connectivity index (χ4v) is 1.39. The van der Waals surface area contributed by atoms with E-state index >= 15 is 0 Å². The number of carbonyl (C=O) groups excluding carboxylic acids is 1. The van der Waals surface area contributed by atoms with Crippen LogP contribution in [0.25, 0.3) is 0 Å². The zero-order valence-electron chi connectivity index (χ0n) is 7.98. The molecule has 5 heteroatoms. The summed E-state index contributed by atoms with van der Waals surface area (Å²) in [7, 11) is 0. The third kappa shape index (κ3) is 4.08. The van der Waals surface area contributed by atoms with E-state index < -0.39 is 4.92 Å². The summed E-state index contributed by atoms with van der Waals surface area (Å²) < 4.78 is 0. The van der Waals surface area contributed by atoms with Gasteiger partial charge in [-0.15, -0.1) is 0 Å². The van der Waals surface area contributed by atoms with Crippen molar-refractivity contribution in [2.45, 2.75) is 19.3 Å². The van der Waals surface area contributed by atoms with Crippen LogP contribution in [0.15, 0.2) is 24.3 Å². The fourth-order valence-electron chi connectivity index (χ4n) is 1.26. The summed E-state index contributed by atoms with van der Waals surface area (Å²) in [5.41, 5.74) is 0.923. The van der Waals surface area contributed by atoms with Gasteiger partial charge >= 0.3 is 0 Å². The lowest BCUT2D eigenvalue weighted by Crippen LogP contribution is -1.92. The second kappa shape index (κ2) is 5.46. The second-order valence-corrected chi connectivity index (χ2v) is 3.56. The maximum absolute atomic E-state index is 10.5. The first kappa shape index (κ1) is 11.7. The summed E-state index contributed by atoms with van der Waals surface area (Å²) in [6.45, 7) is 0. The number of nitrogens with zero attached hydrogens (tertiary/aromatic N) is 1. The number of non-ortho nitro benzene ring substituents is 1. The first-order valence-electron chi connectivity index (χ1n) is 4.51. The molecule has 0 aliphatic heterocycles. The second-order valence-electron chi connectivity index (χ2n) is 3.14. The first-order chi connectivity index (χ1) is 7.09. The van der Waals surface area contributed by atoms with Gasteiger partial charge in [0.15, 0.2) is 0 Å². The third-order valence-corrected chi connectivity index (χ3v) is 2.15. The minimum Gasteiger partial charge on any atom is -0.281 e. The molecule has 1 rings (SSSR count). The predicted molar refractivity (Wildman–Crippen MR) is 56.9 cm³/mol. The highest BCUT2D eigenvalue weighted by molar-refractivity contribution is 6.63. The maximum atomic E-state index is 10.5. The molecule has 0 amide bonds. The molecule has 0 aromatic heterocycles. The van der Waals surface area contributed by atoms with E-state index in [1.165, 1.54) is 12.1 Å². The molecule has 0 saturated carbocycles. The number of rotatable bonds is 5. The van der Waals surface area contributed by atoms with Crippen molar-refractivity contribution in [3.8, 4) is 0 Å². The van der Waals surface area contributed by atoms with E-state index in [-0.39, 0.29) is 10.9 Å². The average molecular weight is 228 g/mol. The van der Waals surface area contributed by atoms with Gasteiger partial charge in [-0.2, -0.15) is 0 Å². The van der Waals surface area contributed by atoms with Crippen LogP contribution in [0.4, 0.5) is 5.69 Å². The predicted octanol–water partition coefficient (Wildman–Crippen LogP) is 2.68. The molecule has 0 aliphatic carbocycles. The van der Waals surface area contributed by atoms with Gasteiger partial charge in [0.25, 0.3) is 5.69 Å². The van der Waals surface area contributed by atoms with Crippen LogP contribution < -0.4 is 0 Å². The Hall–Kier alpha value is -1.42. The molecule has 1 aromatic rings. The Morgan fingerprint density at radius 1 is 1.47 bits per heavy atom. The van der Waals surface area contributed by atoms with Crippen LogP contribution in [0.5, 0.6) is 0 Å². The number of nitro groups is 1. The number of hydrogen-bond acceptors (Lipinski definition) is 3. The highest BCUT2D eigenvalue weighted by Gasteiger charge is 2.05. The minimum atomic E-state index is -0.434. The van der Waals surface area contributed by atoms with Crippen molar-refractivity contribution in [2.24, 2.45) is 0 Å². The van der Waals surface area contributed by atoms with Crippen LogP contribution in [0.2, 0.25) is 0 Å². The fraction of sp³-hybridized carbons (Fsp3) is 0.300. The van der Waals surface area contributed by atoms with E-state index in [1.54, 1.807) is 12.1 Å². The van der Waals surface area contributed by atoms with Crippen molar-refractivity contribution in [1.29, 1.82) is 0 Å². The summed E-state index contributed by atoms with van der Waals surface area (Å²) in [6, 6.07) is 6.39. The van der Waals surface area contributed by atoms with Crippen molar-refractivity contribution < 1.29 is 9.72 Å². The summed E-state index contributed by atoms with van der Waals surface area (Å²) in [5, 5.41) is 10.1. The van der Waals surface area contributed by atoms with E-state index in [0.717, 1.165) is 5.56 Å². The maximum Gasteiger partial charge on any atom is 0.269 e. The minimum absolute atomic E-state index is 0.0738. The van der Waals surface area contributed by atoms with Crippen molar-refractivity contribution in [2.75, 3.05) is 0 Å². The molecule has 0 heterocycles. The lowest BCUT2D eigenvalue weighted by atomic mass is 10.1. The Morgan fingerprint density at radius 2 is 2.20 bits per heavy atom. The molecule has 0 radical (unpaired) electrons. The number of nitro benzene ring substituents is 1. The standard InChI is InChI=1S/C10H10ClNO3/c11-10(13)6-2-4-8-3-1-5-9(7-8)12(14)15/h1,3,5,7H,2,4,6H2. The first-order valence-corrected chi connectivity index (χ1v) is 4.89. The molecule has 0 aliphatic rings. The molecule has 0 saturated heterocycles. The van der Waals surface area contributed by atoms with Gasteiger partial charge in [-0.1, -0.05) is 12.1 Å². The van der Waals surface area contributed by atoms with Crippen molar-refractivity contribution in [3.63, 3.8) is 0 Å². The molecule has 0 N–H and O–H groups in total. The number of hydrogen-bond donors (Lipinski definition) is 0. The topological polar surface area (TPSA) is 60.2 Å². The monoisotopic (exact) mass is 227 g/mol. The highest BCUT2D eigenvalue weighted by atomic mass is 35.5. The number of benzene rings is 1. The van der Waals surface area contributed by atoms with E-state index in [2.05, 4.69) is 0 Å². The van der Waals surface area contributed by atoms with Gasteiger partial charge in [-0.25, -0.2) is 0 Å². The molecular formula is C10H10ClNO3. The highest BCUT2D eigenvalue weighted by Crippen LogP contribution is 2.15. The van der Waals surface area contributed by atoms with Gasteiger partial charge in [0.05, 0.1) is 4.92 Å². The molecule has 0 fully saturated rings. The van der Waals surface area contributed by atoms with Crippen molar-refractivity contribution >= 4 is 22.5 Å². The molecule has 4 nitrogen and oxygen atoms in total. The molecular weight excluding hydrogens is 218 g/mol. The number of halogens is 1. The van der Waals surface area contributed by atoms with Crippen LogP contribution in [0.3, 0.4) is 0 Å². The summed E-state index contributed by atoms with van der Waals surface area (Å²) in [5.74, 6) is 0. The van der Waals surface area contributed by atoms with Gasteiger partial charge in [0.1, 0.15) is 0 Å². The Bertz CT molecular complexity index is 379. The molecule has 80 valence electrons. The smallest absolute Gasteiger partial charge is 0.269 e. The number of aryl methyl sites for hydroxylation is 1. The van der Waals surface area contributed by atoms with Crippen LogP contribution in [-0.4, -0.2) is 10.2 Å². The lowest BCUT2D eigenvalue weighted by Gasteiger charge is -1.99. The molecule has 1 aromatic carbocycles. The SMILES string of the molecule is O=C(Cl)CCCc1cccc([N+](=O)[O-])c1. The van der Waals surface area contributed by atoms with Gasteiger partial charge < -0.3 is 0 Å². The molecule has 0 bridgehead atoms. The van der Waals surface area contributed by atoms with Crippen molar-refractivity contribution in [1.82, 2.24) is 0 Å². The van der Waals surface area contributed by atoms with Gasteiger partial charge in [-0.3, -0.25) is 14.9 Å². The van der Waals surface area contributed by atoms with E-state index in [4.69, 9.17) is 11.6 Å². The molecule has 15 heavy (non-hydrogen) atoms. The third-order valence-electron chi connectivity index (χ3n) is 1.96. The normalized spacial score (nSPS) is 9.93. The largest absolute Gasteiger partial charge is 0.281 e. The molecule has 0 atom stereocenters. The van der Waals surface area contributed by atoms with E-state index in [9.17, 15) is 14.9 Å². The zero-order valence-corrected chi connectivity index (χ0v) is 8.74. The Balaban J connectivity index is 2.58. The number of carbonyl (C=O) groups is 1. The molecule has 0 unspecified atom stereocenters. The van der Waals surface area contributed by atoms with Crippen LogP contribution >= 0.6 is 11.6 Å². The lowest BCUT2D eigenvalue weighted by molar-refractivity contribution is -0.384. The van der Waals surface area contributed by atoms with E-state index in [1.807, 2.05) is 0 Å². The molecule has 0 spiro atoms. The van der Waals surface area contributed by atoms with Gasteiger partial charge in [0, 0.05) is 18.6 Å². The van der Waals surface area contributed by atoms with Crippen LogP contribution in [-0.2, 0) is 11.2 Å². The van der Waals surface area contributed by atoms with E-state index in [0.29, 0.717) is 19.3 Å². The summed E-state index contributed by atoms with van der Waals surface area (Å²) >= 11 is 5.18. The quantitative estimate of drug-likeness (QED) is 0.441. The summed E-state index contributed by atoms with van der Waals surface area (Å²) in [4.78, 5) is 20.5. The zero-order chi connectivity index (χ0) is 11.3. The van der Waals surface area contributed by atoms with Gasteiger partial charge in [0.2, 0.25) is 5.24 Å². The average Bonchev–Trinajstić information content (AvgIpc) is 2.17. The Kier molecular flexibility index (Phi) is 4.24. The van der Waals surface area contributed by atoms with Crippen LogP contribution in [0, 0.1) is 10.1 Å². The van der Waals surface area contributed by atoms with Crippen molar-refractivity contribution in [3.05, 3.63) is 39.9 Å². The Morgan fingerprint density at radius 3 is 2.80 bits per heavy atom.